The van der Waals surface area contributed by atoms with Gasteiger partial charge in [-0.15, -0.1) is 22.9 Å². The number of halogens is 1. The van der Waals surface area contributed by atoms with E-state index in [1.807, 2.05) is 35.7 Å². The van der Waals surface area contributed by atoms with Crippen molar-refractivity contribution in [3.8, 4) is 5.75 Å². The van der Waals surface area contributed by atoms with E-state index in [9.17, 15) is 4.79 Å². The van der Waals surface area contributed by atoms with E-state index in [2.05, 4.69) is 10.3 Å². The van der Waals surface area contributed by atoms with Gasteiger partial charge in [-0.2, -0.15) is 0 Å². The molecule has 0 saturated heterocycles. The summed E-state index contributed by atoms with van der Waals surface area (Å²) >= 11 is 7.18. The number of carbonyl (C=O) groups is 1. The Hall–Kier alpha value is -1.59. The predicted molar refractivity (Wildman–Crippen MR) is 80.0 cm³/mol. The minimum absolute atomic E-state index is 0.193. The van der Waals surface area contributed by atoms with E-state index in [1.54, 1.807) is 6.92 Å². The van der Waals surface area contributed by atoms with Gasteiger partial charge >= 0.3 is 0 Å². The van der Waals surface area contributed by atoms with Crippen LogP contribution in [0.2, 0.25) is 0 Å². The molecule has 106 valence electrons. The van der Waals surface area contributed by atoms with E-state index in [1.165, 1.54) is 11.3 Å². The van der Waals surface area contributed by atoms with Crippen LogP contribution < -0.4 is 10.1 Å². The van der Waals surface area contributed by atoms with E-state index in [0.717, 1.165) is 16.5 Å². The summed E-state index contributed by atoms with van der Waals surface area (Å²) in [5, 5.41) is 4.96. The molecule has 1 unspecified atom stereocenters. The van der Waals surface area contributed by atoms with Crippen LogP contribution in [0, 0.1) is 0 Å². The van der Waals surface area contributed by atoms with Crippen LogP contribution in [0.3, 0.4) is 0 Å². The lowest BCUT2D eigenvalue weighted by atomic mass is 10.3. The lowest BCUT2D eigenvalue weighted by molar-refractivity contribution is -0.120. The van der Waals surface area contributed by atoms with Gasteiger partial charge in [0.05, 0.1) is 12.2 Å². The van der Waals surface area contributed by atoms with Gasteiger partial charge in [0.1, 0.15) is 22.7 Å². The zero-order valence-corrected chi connectivity index (χ0v) is 12.6. The van der Waals surface area contributed by atoms with Gasteiger partial charge in [-0.25, -0.2) is 4.98 Å². The zero-order valence-electron chi connectivity index (χ0n) is 11.0. The van der Waals surface area contributed by atoms with Gasteiger partial charge in [-0.05, 0) is 19.1 Å². The number of amides is 1. The Morgan fingerprint density at radius 1 is 1.45 bits per heavy atom. The van der Waals surface area contributed by atoms with Gasteiger partial charge in [0, 0.05) is 5.38 Å². The van der Waals surface area contributed by atoms with Crippen LogP contribution in [0.1, 0.15) is 17.6 Å². The monoisotopic (exact) mass is 310 g/mol. The first-order chi connectivity index (χ1) is 9.65. The van der Waals surface area contributed by atoms with E-state index in [0.29, 0.717) is 13.2 Å². The van der Waals surface area contributed by atoms with Crippen molar-refractivity contribution in [2.75, 3.05) is 0 Å². The first-order valence-corrected chi connectivity index (χ1v) is 7.49. The number of aromatic nitrogens is 1. The van der Waals surface area contributed by atoms with Crippen LogP contribution in [0.25, 0.3) is 0 Å². The highest BCUT2D eigenvalue weighted by atomic mass is 35.5. The van der Waals surface area contributed by atoms with Crippen molar-refractivity contribution in [2.45, 2.75) is 25.5 Å². The number of carbonyl (C=O) groups excluding carboxylic acids is 1. The number of hydrogen-bond donors (Lipinski definition) is 1. The van der Waals surface area contributed by atoms with Crippen LogP contribution in [0.4, 0.5) is 0 Å². The summed E-state index contributed by atoms with van der Waals surface area (Å²) in [6.07, 6.45) is 0. The molecule has 1 atom stereocenters. The summed E-state index contributed by atoms with van der Waals surface area (Å²) in [5.74, 6) is 0.621. The topological polar surface area (TPSA) is 51.2 Å². The maximum Gasteiger partial charge on any atom is 0.238 e. The number of hydrogen-bond acceptors (Lipinski definition) is 4. The molecule has 0 aliphatic rings. The van der Waals surface area contributed by atoms with Crippen molar-refractivity contribution in [3.05, 3.63) is 46.4 Å². The normalized spacial score (nSPS) is 11.9. The van der Waals surface area contributed by atoms with Crippen LogP contribution in [0.15, 0.2) is 35.7 Å². The Morgan fingerprint density at radius 2 is 2.20 bits per heavy atom. The Balaban J connectivity index is 1.82. The molecule has 1 amide bonds. The number of para-hydroxylation sites is 1. The summed E-state index contributed by atoms with van der Waals surface area (Å²) in [6.45, 7) is 2.45. The molecule has 0 radical (unpaired) electrons. The fourth-order valence-electron chi connectivity index (χ4n) is 1.48. The number of nitrogens with zero attached hydrogens (tertiary/aromatic N) is 1. The predicted octanol–water partition coefficient (Wildman–Crippen LogP) is 2.97. The lowest BCUT2D eigenvalue weighted by Crippen LogP contribution is -2.29. The second-order valence-corrected chi connectivity index (χ2v) is 5.77. The molecule has 0 saturated carbocycles. The van der Waals surface area contributed by atoms with E-state index < -0.39 is 5.38 Å². The molecule has 0 aliphatic heterocycles. The number of ether oxygens (including phenoxy) is 1. The van der Waals surface area contributed by atoms with Gasteiger partial charge in [0.25, 0.3) is 0 Å². The second-order valence-electron chi connectivity index (χ2n) is 4.17. The molecule has 0 fully saturated rings. The number of nitrogens with one attached hydrogen (secondary N) is 1. The Labute approximate surface area is 126 Å². The molecule has 0 bridgehead atoms. The largest absolute Gasteiger partial charge is 0.486 e. The van der Waals surface area contributed by atoms with Crippen molar-refractivity contribution < 1.29 is 9.53 Å². The van der Waals surface area contributed by atoms with Crippen molar-refractivity contribution in [1.82, 2.24) is 10.3 Å². The minimum atomic E-state index is -0.533. The van der Waals surface area contributed by atoms with E-state index in [4.69, 9.17) is 16.3 Å². The van der Waals surface area contributed by atoms with Gasteiger partial charge in [0.15, 0.2) is 0 Å². The molecule has 1 N–H and O–H groups in total. The molecular weight excluding hydrogens is 296 g/mol. The number of rotatable bonds is 6. The zero-order chi connectivity index (χ0) is 14.4. The Kier molecular flexibility index (Phi) is 5.38. The third-order valence-electron chi connectivity index (χ3n) is 2.51. The first-order valence-electron chi connectivity index (χ1n) is 6.18. The summed E-state index contributed by atoms with van der Waals surface area (Å²) in [4.78, 5) is 15.7. The molecular formula is C14H15ClN2O2S. The highest BCUT2D eigenvalue weighted by Crippen LogP contribution is 2.14. The SMILES string of the molecule is CC(Cl)C(=O)NCc1csc(COc2ccccc2)n1. The van der Waals surface area contributed by atoms with Gasteiger partial charge < -0.3 is 10.1 Å². The van der Waals surface area contributed by atoms with E-state index >= 15 is 0 Å². The molecule has 1 aromatic carbocycles. The quantitative estimate of drug-likeness (QED) is 0.835. The average Bonchev–Trinajstić information content (AvgIpc) is 2.91. The van der Waals surface area contributed by atoms with Crippen LogP contribution in [-0.2, 0) is 17.9 Å². The summed E-state index contributed by atoms with van der Waals surface area (Å²) in [5.41, 5.74) is 0.812. The molecule has 2 rings (SSSR count). The van der Waals surface area contributed by atoms with Gasteiger partial charge in [-0.3, -0.25) is 4.79 Å². The van der Waals surface area contributed by atoms with Crippen molar-refractivity contribution >= 4 is 28.8 Å². The Bertz CT molecular complexity index is 557. The standard InChI is InChI=1S/C14H15ClN2O2S/c1-10(15)14(18)16-7-11-9-20-13(17-11)8-19-12-5-3-2-4-6-12/h2-6,9-10H,7-8H2,1H3,(H,16,18). The third-order valence-corrected chi connectivity index (χ3v) is 3.58. The van der Waals surface area contributed by atoms with Gasteiger partial charge in [0.2, 0.25) is 5.91 Å². The van der Waals surface area contributed by atoms with Gasteiger partial charge in [-0.1, -0.05) is 18.2 Å². The first kappa shape index (κ1) is 14.8. The fourth-order valence-corrected chi connectivity index (χ4v) is 2.26. The lowest BCUT2D eigenvalue weighted by Gasteiger charge is -2.04. The fraction of sp³-hybridized carbons (Fsp3) is 0.286. The Morgan fingerprint density at radius 3 is 2.90 bits per heavy atom. The molecule has 0 spiro atoms. The minimum Gasteiger partial charge on any atom is -0.486 e. The van der Waals surface area contributed by atoms with Crippen molar-refractivity contribution in [3.63, 3.8) is 0 Å². The summed E-state index contributed by atoms with van der Waals surface area (Å²) < 4.78 is 5.61. The highest BCUT2D eigenvalue weighted by Gasteiger charge is 2.09. The van der Waals surface area contributed by atoms with Crippen LogP contribution in [0.5, 0.6) is 5.75 Å². The molecule has 20 heavy (non-hydrogen) atoms. The molecule has 2 aromatic rings. The van der Waals surface area contributed by atoms with E-state index in [-0.39, 0.29) is 5.91 Å². The van der Waals surface area contributed by atoms with Crippen molar-refractivity contribution in [2.24, 2.45) is 0 Å². The molecule has 6 heteroatoms. The number of thiazole rings is 1. The van der Waals surface area contributed by atoms with Crippen molar-refractivity contribution in [1.29, 1.82) is 0 Å². The van der Waals surface area contributed by atoms with Crippen LogP contribution >= 0.6 is 22.9 Å². The second kappa shape index (κ2) is 7.26. The smallest absolute Gasteiger partial charge is 0.238 e. The molecule has 0 aliphatic carbocycles. The maximum absolute atomic E-state index is 11.3. The molecule has 1 aromatic heterocycles. The maximum atomic E-state index is 11.3. The molecule has 4 nitrogen and oxygen atoms in total. The highest BCUT2D eigenvalue weighted by molar-refractivity contribution is 7.09. The summed E-state index contributed by atoms with van der Waals surface area (Å²) in [6, 6.07) is 9.58. The third kappa shape index (κ3) is 4.51. The number of benzene rings is 1. The average molecular weight is 311 g/mol. The number of alkyl halides is 1. The summed E-state index contributed by atoms with van der Waals surface area (Å²) in [7, 11) is 0. The molecule has 1 heterocycles. The van der Waals surface area contributed by atoms with Crippen LogP contribution in [-0.4, -0.2) is 16.3 Å².